The zero-order chi connectivity index (χ0) is 16.2. The van der Waals surface area contributed by atoms with Gasteiger partial charge in [0.1, 0.15) is 5.69 Å². The van der Waals surface area contributed by atoms with Crippen molar-refractivity contribution < 1.29 is 0 Å². The molecule has 2 aromatic rings. The minimum atomic E-state index is 0.601. The Morgan fingerprint density at radius 3 is 1.91 bits per heavy atom. The Hall–Kier alpha value is -1.60. The van der Waals surface area contributed by atoms with Gasteiger partial charge in [-0.3, -0.25) is 4.48 Å². The molecule has 0 aliphatic carbocycles. The highest BCUT2D eigenvalue weighted by molar-refractivity contribution is 5.43. The Bertz CT molecular complexity index is 563. The molecular weight excluding hydrogens is 266 g/mol. The molecule has 0 N–H and O–H groups in total. The Labute approximate surface area is 136 Å². The van der Waals surface area contributed by atoms with E-state index in [-0.39, 0.29) is 0 Å². The van der Waals surface area contributed by atoms with Gasteiger partial charge in [0, 0.05) is 0 Å². The van der Waals surface area contributed by atoms with Crippen molar-refractivity contribution in [3.8, 4) is 0 Å². The molecule has 0 aliphatic heterocycles. The molecule has 0 amide bonds. The van der Waals surface area contributed by atoms with Gasteiger partial charge in [-0.15, -0.1) is 0 Å². The lowest BCUT2D eigenvalue weighted by atomic mass is 9.84. The lowest BCUT2D eigenvalue weighted by Crippen LogP contribution is -2.34. The summed E-state index contributed by atoms with van der Waals surface area (Å²) in [5, 5.41) is 0. The van der Waals surface area contributed by atoms with Crippen molar-refractivity contribution in [2.75, 3.05) is 21.1 Å². The molecule has 0 heterocycles. The second kappa shape index (κ2) is 7.11. The van der Waals surface area contributed by atoms with E-state index in [0.29, 0.717) is 11.8 Å². The largest absolute Gasteiger partial charge is 0.298 e. The quantitative estimate of drug-likeness (QED) is 0.611. The van der Waals surface area contributed by atoms with E-state index in [0.717, 1.165) is 4.48 Å². The molecule has 0 spiro atoms. The SMILES string of the molecule is CCC(CC(C)c1ccccc1)c1ccc([N+](C)(C)C)cc1. The van der Waals surface area contributed by atoms with Gasteiger partial charge in [0.2, 0.25) is 0 Å². The smallest absolute Gasteiger partial charge is 0.132 e. The Balaban J connectivity index is 2.11. The van der Waals surface area contributed by atoms with Gasteiger partial charge in [0.15, 0.2) is 0 Å². The van der Waals surface area contributed by atoms with Crippen LogP contribution in [0.1, 0.15) is 49.7 Å². The highest BCUT2D eigenvalue weighted by Gasteiger charge is 2.17. The first-order valence-electron chi connectivity index (χ1n) is 8.38. The third kappa shape index (κ3) is 4.20. The van der Waals surface area contributed by atoms with Crippen LogP contribution in [-0.4, -0.2) is 21.1 Å². The third-order valence-electron chi connectivity index (χ3n) is 4.64. The first-order chi connectivity index (χ1) is 10.4. The molecule has 2 aromatic carbocycles. The van der Waals surface area contributed by atoms with E-state index in [1.54, 1.807) is 0 Å². The van der Waals surface area contributed by atoms with E-state index in [4.69, 9.17) is 0 Å². The van der Waals surface area contributed by atoms with Crippen molar-refractivity contribution >= 4 is 5.69 Å². The zero-order valence-electron chi connectivity index (χ0n) is 14.7. The van der Waals surface area contributed by atoms with Crippen molar-refractivity contribution in [3.05, 3.63) is 65.7 Å². The maximum atomic E-state index is 2.35. The summed E-state index contributed by atoms with van der Waals surface area (Å²) in [5.74, 6) is 1.24. The van der Waals surface area contributed by atoms with Gasteiger partial charge < -0.3 is 0 Å². The Morgan fingerprint density at radius 1 is 0.818 bits per heavy atom. The van der Waals surface area contributed by atoms with E-state index in [2.05, 4.69) is 89.6 Å². The van der Waals surface area contributed by atoms with Crippen LogP contribution in [-0.2, 0) is 0 Å². The molecule has 118 valence electrons. The van der Waals surface area contributed by atoms with Crippen LogP contribution in [0.3, 0.4) is 0 Å². The van der Waals surface area contributed by atoms with Gasteiger partial charge in [0.25, 0.3) is 0 Å². The van der Waals surface area contributed by atoms with Gasteiger partial charge in [-0.25, -0.2) is 0 Å². The normalized spacial score (nSPS) is 14.6. The highest BCUT2D eigenvalue weighted by atomic mass is 15.3. The fraction of sp³-hybridized carbons (Fsp3) is 0.429. The summed E-state index contributed by atoms with van der Waals surface area (Å²) in [5.41, 5.74) is 4.28. The van der Waals surface area contributed by atoms with Crippen LogP contribution in [0.2, 0.25) is 0 Å². The van der Waals surface area contributed by atoms with Crippen LogP contribution in [0.25, 0.3) is 0 Å². The maximum absolute atomic E-state index is 2.35. The number of hydrogen-bond acceptors (Lipinski definition) is 0. The lowest BCUT2D eigenvalue weighted by Gasteiger charge is -2.25. The standard InChI is InChI=1S/C21H30N/c1-6-18(16-17(2)19-10-8-7-9-11-19)20-12-14-21(15-13-20)22(3,4)5/h7-15,17-18H,6,16H2,1-5H3/q+1. The number of nitrogens with zero attached hydrogens (tertiary/aromatic N) is 1. The fourth-order valence-corrected chi connectivity index (χ4v) is 3.08. The molecular formula is C21H30N+. The molecule has 1 nitrogen and oxygen atoms in total. The van der Waals surface area contributed by atoms with Gasteiger partial charge >= 0.3 is 0 Å². The minimum Gasteiger partial charge on any atom is -0.298 e. The van der Waals surface area contributed by atoms with E-state index in [1.807, 2.05) is 0 Å². The summed E-state index contributed by atoms with van der Waals surface area (Å²) >= 11 is 0. The van der Waals surface area contributed by atoms with E-state index in [9.17, 15) is 0 Å². The zero-order valence-corrected chi connectivity index (χ0v) is 14.7. The summed E-state index contributed by atoms with van der Waals surface area (Å²) in [7, 11) is 6.64. The lowest BCUT2D eigenvalue weighted by molar-refractivity contribution is 0.485. The van der Waals surface area contributed by atoms with Crippen LogP contribution < -0.4 is 4.48 Å². The second-order valence-electron chi connectivity index (χ2n) is 7.26. The summed E-state index contributed by atoms with van der Waals surface area (Å²) in [6.45, 7) is 4.65. The summed E-state index contributed by atoms with van der Waals surface area (Å²) < 4.78 is 0.873. The molecule has 2 rings (SSSR count). The van der Waals surface area contributed by atoms with Crippen molar-refractivity contribution in [2.24, 2.45) is 0 Å². The molecule has 0 saturated heterocycles. The Morgan fingerprint density at radius 2 is 1.41 bits per heavy atom. The number of quaternary nitrogens is 1. The summed E-state index contributed by atoms with van der Waals surface area (Å²) in [4.78, 5) is 0. The molecule has 0 fully saturated rings. The maximum Gasteiger partial charge on any atom is 0.132 e. The van der Waals surface area contributed by atoms with Crippen LogP contribution in [0.5, 0.6) is 0 Å². The molecule has 2 atom stereocenters. The number of rotatable bonds is 6. The van der Waals surface area contributed by atoms with E-state index >= 15 is 0 Å². The van der Waals surface area contributed by atoms with E-state index < -0.39 is 0 Å². The molecule has 0 bridgehead atoms. The van der Waals surface area contributed by atoms with Crippen LogP contribution >= 0.6 is 0 Å². The van der Waals surface area contributed by atoms with Gasteiger partial charge in [0.05, 0.1) is 21.1 Å². The fourth-order valence-electron chi connectivity index (χ4n) is 3.08. The first kappa shape index (κ1) is 16.8. The third-order valence-corrected chi connectivity index (χ3v) is 4.64. The molecule has 0 saturated carbocycles. The minimum absolute atomic E-state index is 0.601. The van der Waals surface area contributed by atoms with Crippen LogP contribution in [0.4, 0.5) is 5.69 Å². The van der Waals surface area contributed by atoms with Gasteiger partial charge in [-0.1, -0.05) is 56.3 Å². The summed E-state index contributed by atoms with van der Waals surface area (Å²) in [6, 6.07) is 20.1. The molecule has 1 heteroatoms. The molecule has 0 radical (unpaired) electrons. The topological polar surface area (TPSA) is 0 Å². The van der Waals surface area contributed by atoms with Crippen molar-refractivity contribution in [1.29, 1.82) is 0 Å². The molecule has 22 heavy (non-hydrogen) atoms. The second-order valence-corrected chi connectivity index (χ2v) is 7.26. The van der Waals surface area contributed by atoms with Gasteiger partial charge in [-0.2, -0.15) is 0 Å². The monoisotopic (exact) mass is 296 g/mol. The molecule has 0 aromatic heterocycles. The number of benzene rings is 2. The van der Waals surface area contributed by atoms with Crippen molar-refractivity contribution in [1.82, 2.24) is 4.48 Å². The average molecular weight is 296 g/mol. The Kier molecular flexibility index (Phi) is 5.42. The highest BCUT2D eigenvalue weighted by Crippen LogP contribution is 2.33. The predicted octanol–water partition coefficient (Wildman–Crippen LogP) is 5.57. The first-order valence-corrected chi connectivity index (χ1v) is 8.38. The van der Waals surface area contributed by atoms with Gasteiger partial charge in [-0.05, 0) is 47.9 Å². The summed E-state index contributed by atoms with van der Waals surface area (Å²) in [6.07, 6.45) is 2.41. The predicted molar refractivity (Wildman–Crippen MR) is 98.5 cm³/mol. The molecule has 0 aliphatic rings. The molecule has 2 unspecified atom stereocenters. The average Bonchev–Trinajstić information content (AvgIpc) is 2.52. The van der Waals surface area contributed by atoms with Crippen molar-refractivity contribution in [3.63, 3.8) is 0 Å². The number of hydrogen-bond donors (Lipinski definition) is 0. The van der Waals surface area contributed by atoms with E-state index in [1.165, 1.54) is 29.7 Å². The van der Waals surface area contributed by atoms with Crippen molar-refractivity contribution in [2.45, 2.75) is 38.5 Å². The van der Waals surface area contributed by atoms with Crippen LogP contribution in [0, 0.1) is 0 Å². The van der Waals surface area contributed by atoms with Crippen LogP contribution in [0.15, 0.2) is 54.6 Å².